The smallest absolute Gasteiger partial charge is 0.337 e. The number of nitrogens with one attached hydrogen (secondary N) is 1. The SMILES string of the molecule is COC(=O)c1ccc([C@@H]2C=C(C(=O)Nc3cccnc3)O[C@H](OCCN(CCO)S(=O)(=O)c3ccc(OC)cc3)C2)cc1. The van der Waals surface area contributed by atoms with E-state index >= 15 is 0 Å². The van der Waals surface area contributed by atoms with Crippen LogP contribution in [0, 0.1) is 0 Å². The summed E-state index contributed by atoms with van der Waals surface area (Å²) >= 11 is 0. The van der Waals surface area contributed by atoms with Crippen molar-refractivity contribution < 1.29 is 42.1 Å². The minimum atomic E-state index is -3.94. The predicted molar refractivity (Wildman–Crippen MR) is 156 cm³/mol. The Kier molecular flexibility index (Phi) is 10.8. The molecule has 1 amide bonds. The van der Waals surface area contributed by atoms with Crippen LogP contribution in [0.4, 0.5) is 5.69 Å². The van der Waals surface area contributed by atoms with E-state index in [1.807, 2.05) is 0 Å². The molecule has 12 nitrogen and oxygen atoms in total. The van der Waals surface area contributed by atoms with Crippen molar-refractivity contribution in [1.29, 1.82) is 0 Å². The maximum absolute atomic E-state index is 13.2. The number of aliphatic hydroxyl groups is 1. The number of sulfonamides is 1. The highest BCUT2D eigenvalue weighted by Gasteiger charge is 2.30. The maximum Gasteiger partial charge on any atom is 0.337 e. The molecule has 0 unspecified atom stereocenters. The third-order valence-corrected chi connectivity index (χ3v) is 8.56. The fourth-order valence-corrected chi connectivity index (χ4v) is 5.83. The largest absolute Gasteiger partial charge is 0.497 e. The Morgan fingerprint density at radius 1 is 1.07 bits per heavy atom. The number of ether oxygens (including phenoxy) is 4. The monoisotopic (exact) mass is 611 g/mol. The zero-order valence-corrected chi connectivity index (χ0v) is 24.5. The van der Waals surface area contributed by atoms with E-state index in [2.05, 4.69) is 10.3 Å². The van der Waals surface area contributed by atoms with E-state index in [0.29, 0.717) is 23.4 Å². The van der Waals surface area contributed by atoms with Crippen molar-refractivity contribution in [2.75, 3.05) is 45.8 Å². The molecule has 13 heteroatoms. The molecule has 0 aliphatic carbocycles. The van der Waals surface area contributed by atoms with Gasteiger partial charge in [-0.25, -0.2) is 13.2 Å². The van der Waals surface area contributed by atoms with Crippen molar-refractivity contribution in [2.45, 2.75) is 23.5 Å². The molecule has 228 valence electrons. The zero-order valence-electron chi connectivity index (χ0n) is 23.7. The molecule has 2 aromatic carbocycles. The third kappa shape index (κ3) is 8.17. The first kappa shape index (κ1) is 31.6. The summed E-state index contributed by atoms with van der Waals surface area (Å²) in [6.07, 6.45) is 4.16. The van der Waals surface area contributed by atoms with Gasteiger partial charge < -0.3 is 29.4 Å². The van der Waals surface area contributed by atoms with Gasteiger partial charge in [0.05, 0.1) is 49.8 Å². The molecule has 1 aromatic heterocycles. The molecule has 2 heterocycles. The van der Waals surface area contributed by atoms with E-state index in [-0.39, 0.29) is 42.9 Å². The summed E-state index contributed by atoms with van der Waals surface area (Å²) < 4.78 is 49.3. The van der Waals surface area contributed by atoms with Crippen molar-refractivity contribution in [1.82, 2.24) is 9.29 Å². The highest BCUT2D eigenvalue weighted by Crippen LogP contribution is 2.32. The zero-order chi connectivity index (χ0) is 30.8. The number of benzene rings is 2. The Morgan fingerprint density at radius 2 is 1.81 bits per heavy atom. The summed E-state index contributed by atoms with van der Waals surface area (Å²) in [6, 6.07) is 16.1. The van der Waals surface area contributed by atoms with Gasteiger partial charge in [0.1, 0.15) is 5.75 Å². The van der Waals surface area contributed by atoms with Crippen LogP contribution in [-0.4, -0.2) is 81.5 Å². The van der Waals surface area contributed by atoms with Gasteiger partial charge in [-0.15, -0.1) is 0 Å². The number of pyridine rings is 1. The van der Waals surface area contributed by atoms with Crippen LogP contribution >= 0.6 is 0 Å². The molecule has 0 spiro atoms. The number of anilines is 1. The molecular weight excluding hydrogens is 578 g/mol. The lowest BCUT2D eigenvalue weighted by Crippen LogP contribution is -2.37. The Morgan fingerprint density at radius 3 is 2.44 bits per heavy atom. The second kappa shape index (κ2) is 14.7. The first-order valence-electron chi connectivity index (χ1n) is 13.4. The molecule has 1 aliphatic rings. The molecule has 0 saturated carbocycles. The van der Waals surface area contributed by atoms with E-state index in [4.69, 9.17) is 18.9 Å². The van der Waals surface area contributed by atoms with Crippen LogP contribution in [-0.2, 0) is 29.0 Å². The van der Waals surface area contributed by atoms with E-state index < -0.39 is 28.2 Å². The quantitative estimate of drug-likeness (QED) is 0.276. The topological polar surface area (TPSA) is 154 Å². The van der Waals surface area contributed by atoms with Gasteiger partial charge in [0.25, 0.3) is 5.91 Å². The molecule has 2 atom stereocenters. The minimum absolute atomic E-state index is 0.0141. The van der Waals surface area contributed by atoms with Gasteiger partial charge in [-0.2, -0.15) is 4.31 Å². The molecule has 0 bridgehead atoms. The van der Waals surface area contributed by atoms with Crippen molar-refractivity contribution in [3.8, 4) is 5.75 Å². The van der Waals surface area contributed by atoms with E-state index in [1.54, 1.807) is 60.8 Å². The lowest BCUT2D eigenvalue weighted by Gasteiger charge is -2.30. The number of aliphatic hydroxyl groups excluding tert-OH is 1. The molecule has 0 fully saturated rings. The summed E-state index contributed by atoms with van der Waals surface area (Å²) in [4.78, 5) is 29.0. The fourth-order valence-electron chi connectivity index (χ4n) is 4.41. The summed E-state index contributed by atoms with van der Waals surface area (Å²) in [6.45, 7) is -0.683. The van der Waals surface area contributed by atoms with Crippen molar-refractivity contribution in [3.05, 3.63) is 96.0 Å². The lowest BCUT2D eigenvalue weighted by molar-refractivity contribution is -0.143. The third-order valence-electron chi connectivity index (χ3n) is 6.65. The average Bonchev–Trinajstić information content (AvgIpc) is 3.04. The van der Waals surface area contributed by atoms with Gasteiger partial charge in [0.2, 0.25) is 16.3 Å². The van der Waals surface area contributed by atoms with E-state index in [0.717, 1.165) is 9.87 Å². The molecule has 1 aliphatic heterocycles. The van der Waals surface area contributed by atoms with Gasteiger partial charge >= 0.3 is 5.97 Å². The van der Waals surface area contributed by atoms with Crippen LogP contribution in [0.2, 0.25) is 0 Å². The number of hydrogen-bond donors (Lipinski definition) is 2. The van der Waals surface area contributed by atoms with Crippen LogP contribution in [0.3, 0.4) is 0 Å². The van der Waals surface area contributed by atoms with Crippen LogP contribution in [0.15, 0.2) is 89.8 Å². The first-order chi connectivity index (χ1) is 20.7. The fraction of sp³-hybridized carbons (Fsp3) is 0.300. The molecule has 0 radical (unpaired) electrons. The lowest BCUT2D eigenvalue weighted by atomic mass is 9.92. The Balaban J connectivity index is 1.49. The van der Waals surface area contributed by atoms with Gasteiger partial charge in [-0.05, 0) is 60.2 Å². The summed E-state index contributed by atoms with van der Waals surface area (Å²) in [5, 5.41) is 12.3. The predicted octanol–water partition coefficient (Wildman–Crippen LogP) is 2.93. The number of allylic oxidation sites excluding steroid dienone is 1. The van der Waals surface area contributed by atoms with Gasteiger partial charge in [-0.3, -0.25) is 9.78 Å². The van der Waals surface area contributed by atoms with Crippen LogP contribution in [0.5, 0.6) is 5.75 Å². The molecule has 43 heavy (non-hydrogen) atoms. The molecule has 3 aromatic rings. The average molecular weight is 612 g/mol. The number of nitrogens with zero attached hydrogens (tertiary/aromatic N) is 2. The summed E-state index contributed by atoms with van der Waals surface area (Å²) in [5.74, 6) is -0.779. The Hall–Kier alpha value is -4.30. The number of amides is 1. The second-order valence-electron chi connectivity index (χ2n) is 9.40. The number of methoxy groups -OCH3 is 2. The molecule has 2 N–H and O–H groups in total. The number of rotatable bonds is 13. The highest BCUT2D eigenvalue weighted by atomic mass is 32.2. The Labute approximate surface area is 249 Å². The summed E-state index contributed by atoms with van der Waals surface area (Å²) in [7, 11) is -1.15. The van der Waals surface area contributed by atoms with Gasteiger partial charge in [-0.1, -0.05) is 12.1 Å². The second-order valence-corrected chi connectivity index (χ2v) is 11.3. The summed E-state index contributed by atoms with van der Waals surface area (Å²) in [5.41, 5.74) is 1.66. The van der Waals surface area contributed by atoms with Crippen LogP contribution in [0.25, 0.3) is 0 Å². The molecule has 4 rings (SSSR count). The normalized spacial score (nSPS) is 16.6. The standard InChI is InChI=1S/C30H33N3O9S/c1-39-25-9-11-26(12-10-25)43(37,38)33(14-16-34)15-17-41-28-19-23(21-5-7-22(8-6-21)30(36)40-2)18-27(42-28)29(35)32-24-4-3-13-31-20-24/h3-13,18,20,23,28,34H,14-17,19H2,1-2H3,(H,32,35)/t23-,28+/m1/s1. The van der Waals surface area contributed by atoms with Crippen LogP contribution in [0.1, 0.15) is 28.3 Å². The van der Waals surface area contributed by atoms with E-state index in [9.17, 15) is 23.1 Å². The number of aromatic nitrogens is 1. The van der Waals surface area contributed by atoms with Crippen molar-refractivity contribution in [2.24, 2.45) is 0 Å². The number of carbonyl (C=O) groups excluding carboxylic acids is 2. The van der Waals surface area contributed by atoms with Crippen molar-refractivity contribution in [3.63, 3.8) is 0 Å². The van der Waals surface area contributed by atoms with Gasteiger partial charge in [0.15, 0.2) is 5.76 Å². The number of esters is 1. The highest BCUT2D eigenvalue weighted by molar-refractivity contribution is 7.89. The molecule has 0 saturated heterocycles. The van der Waals surface area contributed by atoms with Gasteiger partial charge in [0, 0.05) is 31.6 Å². The minimum Gasteiger partial charge on any atom is -0.497 e. The molecular formula is C30H33N3O9S. The Bertz CT molecular complexity index is 1510. The number of carbonyl (C=O) groups is 2. The number of hydrogen-bond acceptors (Lipinski definition) is 10. The maximum atomic E-state index is 13.2. The first-order valence-corrected chi connectivity index (χ1v) is 14.8. The van der Waals surface area contributed by atoms with Crippen molar-refractivity contribution >= 4 is 27.6 Å². The van der Waals surface area contributed by atoms with Crippen LogP contribution < -0.4 is 10.1 Å². The van der Waals surface area contributed by atoms with E-state index in [1.165, 1.54) is 32.5 Å².